The van der Waals surface area contributed by atoms with Crippen molar-refractivity contribution in [1.29, 1.82) is 0 Å². The third-order valence-electron chi connectivity index (χ3n) is 2.52. The highest BCUT2D eigenvalue weighted by Crippen LogP contribution is 2.05. The Hall–Kier alpha value is -0.380. The summed E-state index contributed by atoms with van der Waals surface area (Å²) >= 11 is 0. The van der Waals surface area contributed by atoms with Crippen molar-refractivity contribution in [3.63, 3.8) is 0 Å². The maximum absolute atomic E-state index is 5.47. The van der Waals surface area contributed by atoms with Gasteiger partial charge in [0.15, 0.2) is 0 Å². The molecule has 0 radical (unpaired) electrons. The van der Waals surface area contributed by atoms with E-state index in [2.05, 4.69) is 23.7 Å². The summed E-state index contributed by atoms with van der Waals surface area (Å²) in [5.41, 5.74) is 0. The molecule has 1 aliphatic heterocycles. The van der Waals surface area contributed by atoms with Crippen molar-refractivity contribution in [3.8, 4) is 0 Å². The van der Waals surface area contributed by atoms with E-state index in [1.807, 2.05) is 6.08 Å². The molecule has 3 nitrogen and oxygen atoms in total. The van der Waals surface area contributed by atoms with E-state index < -0.39 is 0 Å². The minimum absolute atomic E-state index is 0.522. The Kier molecular flexibility index (Phi) is 5.83. The van der Waals surface area contributed by atoms with Gasteiger partial charge >= 0.3 is 0 Å². The fourth-order valence-electron chi connectivity index (χ4n) is 1.73. The molecule has 0 aromatic heterocycles. The molecule has 1 rings (SSSR count). The monoisotopic (exact) mass is 198 g/mol. The first kappa shape index (κ1) is 11.7. The number of ether oxygens (including phenoxy) is 1. The second-order valence-corrected chi connectivity index (χ2v) is 3.72. The number of nitrogens with one attached hydrogen (secondary N) is 1. The predicted octanol–water partition coefficient (Wildman–Crippen LogP) is 0.873. The van der Waals surface area contributed by atoms with Gasteiger partial charge in [-0.25, -0.2) is 0 Å². The SMILES string of the molecule is C=CCN1CCOCC1CNCCC. The van der Waals surface area contributed by atoms with Crippen LogP contribution in [0.3, 0.4) is 0 Å². The van der Waals surface area contributed by atoms with Gasteiger partial charge in [-0.05, 0) is 13.0 Å². The van der Waals surface area contributed by atoms with Gasteiger partial charge in [-0.15, -0.1) is 6.58 Å². The molecule has 1 saturated heterocycles. The Morgan fingerprint density at radius 2 is 2.50 bits per heavy atom. The van der Waals surface area contributed by atoms with Crippen LogP contribution < -0.4 is 5.32 Å². The topological polar surface area (TPSA) is 24.5 Å². The fourth-order valence-corrected chi connectivity index (χ4v) is 1.73. The number of rotatable bonds is 6. The Bertz CT molecular complexity index is 161. The van der Waals surface area contributed by atoms with Crippen LogP contribution in [0.4, 0.5) is 0 Å². The van der Waals surface area contributed by atoms with Crippen LogP contribution in [0.2, 0.25) is 0 Å². The van der Waals surface area contributed by atoms with Gasteiger partial charge in [0.25, 0.3) is 0 Å². The van der Waals surface area contributed by atoms with Crippen LogP contribution in [-0.2, 0) is 4.74 Å². The fraction of sp³-hybridized carbons (Fsp3) is 0.818. The Morgan fingerprint density at radius 1 is 1.64 bits per heavy atom. The highest BCUT2D eigenvalue weighted by atomic mass is 16.5. The molecule has 1 atom stereocenters. The van der Waals surface area contributed by atoms with E-state index in [0.29, 0.717) is 6.04 Å². The molecular formula is C11H22N2O. The highest BCUT2D eigenvalue weighted by molar-refractivity contribution is 4.82. The van der Waals surface area contributed by atoms with Crippen LogP contribution in [0, 0.1) is 0 Å². The summed E-state index contributed by atoms with van der Waals surface area (Å²) in [5, 5.41) is 3.44. The smallest absolute Gasteiger partial charge is 0.0635 e. The summed E-state index contributed by atoms with van der Waals surface area (Å²) in [6, 6.07) is 0.522. The average Bonchev–Trinajstić information content (AvgIpc) is 2.21. The van der Waals surface area contributed by atoms with E-state index in [-0.39, 0.29) is 0 Å². The number of nitrogens with zero attached hydrogens (tertiary/aromatic N) is 1. The molecule has 0 saturated carbocycles. The third-order valence-corrected chi connectivity index (χ3v) is 2.52. The third kappa shape index (κ3) is 3.78. The molecule has 3 heteroatoms. The number of morpholine rings is 1. The van der Waals surface area contributed by atoms with E-state index in [9.17, 15) is 0 Å². The molecule has 1 heterocycles. The molecule has 82 valence electrons. The lowest BCUT2D eigenvalue weighted by atomic mass is 10.2. The summed E-state index contributed by atoms with van der Waals surface area (Å²) in [4.78, 5) is 2.43. The molecule has 0 aromatic carbocycles. The van der Waals surface area contributed by atoms with Crippen LogP contribution in [0.25, 0.3) is 0 Å². The molecule has 1 unspecified atom stereocenters. The molecule has 0 bridgehead atoms. The lowest BCUT2D eigenvalue weighted by Gasteiger charge is -2.34. The second-order valence-electron chi connectivity index (χ2n) is 3.72. The molecule has 0 spiro atoms. The Labute approximate surface area is 87.1 Å². The van der Waals surface area contributed by atoms with Gasteiger partial charge in [0.1, 0.15) is 0 Å². The van der Waals surface area contributed by atoms with Crippen molar-refractivity contribution in [2.75, 3.05) is 39.4 Å². The lowest BCUT2D eigenvalue weighted by Crippen LogP contribution is -2.50. The van der Waals surface area contributed by atoms with Crippen molar-refractivity contribution < 1.29 is 4.74 Å². The standard InChI is InChI=1S/C11H22N2O/c1-3-5-12-9-11-10-14-8-7-13(11)6-4-2/h4,11-12H,2-3,5-10H2,1H3. The lowest BCUT2D eigenvalue weighted by molar-refractivity contribution is -0.000915. The van der Waals surface area contributed by atoms with Crippen molar-refractivity contribution in [3.05, 3.63) is 12.7 Å². The van der Waals surface area contributed by atoms with Gasteiger partial charge in [0.05, 0.1) is 13.2 Å². The summed E-state index contributed by atoms with van der Waals surface area (Å²) in [6.07, 6.45) is 3.16. The summed E-state index contributed by atoms with van der Waals surface area (Å²) < 4.78 is 5.47. The first-order chi connectivity index (χ1) is 6.88. The first-order valence-electron chi connectivity index (χ1n) is 5.52. The van der Waals surface area contributed by atoms with E-state index in [1.54, 1.807) is 0 Å². The zero-order chi connectivity index (χ0) is 10.2. The zero-order valence-electron chi connectivity index (χ0n) is 9.17. The summed E-state index contributed by atoms with van der Waals surface area (Å²) in [7, 11) is 0. The average molecular weight is 198 g/mol. The van der Waals surface area contributed by atoms with Gasteiger partial charge in [-0.3, -0.25) is 4.90 Å². The normalized spacial score (nSPS) is 23.6. The van der Waals surface area contributed by atoms with Gasteiger partial charge in [0, 0.05) is 25.7 Å². The van der Waals surface area contributed by atoms with Crippen molar-refractivity contribution in [2.45, 2.75) is 19.4 Å². The number of hydrogen-bond acceptors (Lipinski definition) is 3. The minimum atomic E-state index is 0.522. The van der Waals surface area contributed by atoms with Crippen molar-refractivity contribution in [1.82, 2.24) is 10.2 Å². The van der Waals surface area contributed by atoms with Gasteiger partial charge in [-0.2, -0.15) is 0 Å². The van der Waals surface area contributed by atoms with Crippen LogP contribution in [0.15, 0.2) is 12.7 Å². The van der Waals surface area contributed by atoms with E-state index in [1.165, 1.54) is 6.42 Å². The minimum Gasteiger partial charge on any atom is -0.378 e. The molecular weight excluding hydrogens is 176 g/mol. The second kappa shape index (κ2) is 6.98. The molecule has 1 fully saturated rings. The molecule has 1 N–H and O–H groups in total. The molecule has 0 aliphatic carbocycles. The van der Waals surface area contributed by atoms with Gasteiger partial charge in [-0.1, -0.05) is 13.0 Å². The quantitative estimate of drug-likeness (QED) is 0.506. The van der Waals surface area contributed by atoms with E-state index in [4.69, 9.17) is 4.74 Å². The van der Waals surface area contributed by atoms with Crippen LogP contribution in [0.1, 0.15) is 13.3 Å². The van der Waals surface area contributed by atoms with Crippen molar-refractivity contribution >= 4 is 0 Å². The zero-order valence-corrected chi connectivity index (χ0v) is 9.17. The largest absolute Gasteiger partial charge is 0.378 e. The predicted molar refractivity (Wildman–Crippen MR) is 59.5 cm³/mol. The van der Waals surface area contributed by atoms with E-state index in [0.717, 1.165) is 39.4 Å². The van der Waals surface area contributed by atoms with Crippen LogP contribution >= 0.6 is 0 Å². The first-order valence-corrected chi connectivity index (χ1v) is 5.52. The Morgan fingerprint density at radius 3 is 3.21 bits per heavy atom. The van der Waals surface area contributed by atoms with Gasteiger partial charge in [0.2, 0.25) is 0 Å². The summed E-state index contributed by atoms with van der Waals surface area (Å²) in [6.45, 7) is 11.8. The highest BCUT2D eigenvalue weighted by Gasteiger charge is 2.20. The molecule has 14 heavy (non-hydrogen) atoms. The maximum Gasteiger partial charge on any atom is 0.0635 e. The molecule has 0 aromatic rings. The molecule has 0 amide bonds. The number of hydrogen-bond donors (Lipinski definition) is 1. The summed E-state index contributed by atoms with van der Waals surface area (Å²) in [5.74, 6) is 0. The Balaban J connectivity index is 2.26. The molecule has 1 aliphatic rings. The van der Waals surface area contributed by atoms with Gasteiger partial charge < -0.3 is 10.1 Å². The van der Waals surface area contributed by atoms with Crippen LogP contribution in [-0.4, -0.2) is 50.3 Å². The maximum atomic E-state index is 5.47. The van der Waals surface area contributed by atoms with E-state index >= 15 is 0 Å². The van der Waals surface area contributed by atoms with Crippen LogP contribution in [0.5, 0.6) is 0 Å². The van der Waals surface area contributed by atoms with Crippen molar-refractivity contribution in [2.24, 2.45) is 0 Å².